The molecule has 0 aromatic heterocycles. The van der Waals surface area contributed by atoms with E-state index in [1.165, 1.54) is 4.90 Å². The molecule has 4 N–H and O–H groups in total. The molecule has 0 bridgehead atoms. The lowest BCUT2D eigenvalue weighted by Crippen LogP contribution is -2.55. The summed E-state index contributed by atoms with van der Waals surface area (Å²) in [6, 6.07) is 21.6. The number of ether oxygens (including phenoxy) is 1. The minimum Gasteiger partial charge on any atom is -0.496 e. The molecule has 0 radical (unpaired) electrons. The van der Waals surface area contributed by atoms with Gasteiger partial charge in [-0.05, 0) is 73.3 Å². The summed E-state index contributed by atoms with van der Waals surface area (Å²) in [5.74, 6) is -0.502. The minimum atomic E-state index is -1.06. The number of hydrogen-bond donors (Lipinski definition) is 3. The standard InChI is InChI=1S/C32H32ClN5O4/c1-19(35-2)30(39)36-26-18-38(31(40)21-8-12-23(34)13-9-21)28-16-22(33)11-14-27(28)37(32(26)41)17-25-24-7-5-4-6-20(24)10-15-29(25)42-3/h4-16,19,26,35H,17-18,34H2,1-3H3,(H,36,39). The van der Waals surface area contributed by atoms with Crippen LogP contribution in [0.4, 0.5) is 17.1 Å². The van der Waals surface area contributed by atoms with Crippen LogP contribution in [-0.2, 0) is 16.1 Å². The molecule has 216 valence electrons. The number of nitrogens with zero attached hydrogens (tertiary/aromatic N) is 2. The van der Waals surface area contributed by atoms with Crippen LogP contribution >= 0.6 is 11.6 Å². The van der Waals surface area contributed by atoms with Crippen LogP contribution in [0.2, 0.25) is 5.02 Å². The van der Waals surface area contributed by atoms with Crippen molar-refractivity contribution in [2.45, 2.75) is 25.6 Å². The maximum Gasteiger partial charge on any atom is 0.258 e. The summed E-state index contributed by atoms with van der Waals surface area (Å²) >= 11 is 6.46. The van der Waals surface area contributed by atoms with Crippen LogP contribution < -0.4 is 30.9 Å². The molecule has 4 aromatic carbocycles. The molecule has 9 nitrogen and oxygen atoms in total. The van der Waals surface area contributed by atoms with E-state index in [1.807, 2.05) is 36.4 Å². The molecular formula is C32H32ClN5O4. The molecule has 0 saturated carbocycles. The molecule has 1 aliphatic heterocycles. The number of carbonyl (C=O) groups is 3. The fourth-order valence-corrected chi connectivity index (χ4v) is 5.27. The highest BCUT2D eigenvalue weighted by molar-refractivity contribution is 6.31. The normalized spacial score (nSPS) is 15.6. The van der Waals surface area contributed by atoms with Gasteiger partial charge in [0, 0.05) is 21.8 Å². The lowest BCUT2D eigenvalue weighted by Gasteiger charge is -2.27. The predicted octanol–water partition coefficient (Wildman–Crippen LogP) is 4.37. The quantitative estimate of drug-likeness (QED) is 0.277. The number of likely N-dealkylation sites (N-methyl/N-ethyl adjacent to an activating group) is 1. The van der Waals surface area contributed by atoms with Crippen LogP contribution in [0.15, 0.2) is 78.9 Å². The Morgan fingerprint density at radius 2 is 1.79 bits per heavy atom. The van der Waals surface area contributed by atoms with E-state index in [9.17, 15) is 14.4 Å². The van der Waals surface area contributed by atoms with E-state index in [1.54, 1.807) is 68.4 Å². The van der Waals surface area contributed by atoms with Gasteiger partial charge in [0.1, 0.15) is 11.8 Å². The predicted molar refractivity (Wildman–Crippen MR) is 166 cm³/mol. The fraction of sp³-hybridized carbons (Fsp3) is 0.219. The van der Waals surface area contributed by atoms with E-state index in [-0.39, 0.29) is 30.8 Å². The molecule has 5 rings (SSSR count). The number of rotatable bonds is 7. The van der Waals surface area contributed by atoms with E-state index in [4.69, 9.17) is 22.1 Å². The van der Waals surface area contributed by atoms with Crippen LogP contribution in [-0.4, -0.2) is 50.5 Å². The number of nitrogen functional groups attached to an aromatic ring is 1. The SMILES string of the molecule is CNC(C)C(=O)NC1CN(C(=O)c2ccc(N)cc2)c2cc(Cl)ccc2N(Cc2c(OC)ccc3ccccc23)C1=O. The number of nitrogens with two attached hydrogens (primary N) is 1. The Hall–Kier alpha value is -4.60. The van der Waals surface area contributed by atoms with Gasteiger partial charge in [-0.1, -0.05) is 41.9 Å². The average molecular weight is 586 g/mol. The van der Waals surface area contributed by atoms with E-state index in [0.717, 1.165) is 16.3 Å². The molecule has 0 saturated heterocycles. The number of benzene rings is 4. The Morgan fingerprint density at radius 3 is 2.50 bits per heavy atom. The maximum absolute atomic E-state index is 14.4. The van der Waals surface area contributed by atoms with E-state index < -0.39 is 12.1 Å². The highest BCUT2D eigenvalue weighted by atomic mass is 35.5. The van der Waals surface area contributed by atoms with Crippen LogP contribution in [0.1, 0.15) is 22.8 Å². The first-order valence-corrected chi connectivity index (χ1v) is 13.9. The molecule has 10 heteroatoms. The Labute approximate surface area is 249 Å². The highest BCUT2D eigenvalue weighted by Crippen LogP contribution is 2.39. The van der Waals surface area contributed by atoms with Crippen LogP contribution in [0.5, 0.6) is 5.75 Å². The van der Waals surface area contributed by atoms with Crippen molar-refractivity contribution in [3.05, 3.63) is 95.0 Å². The minimum absolute atomic E-state index is 0.110. The van der Waals surface area contributed by atoms with Gasteiger partial charge in [-0.25, -0.2) is 0 Å². The third-order valence-electron chi connectivity index (χ3n) is 7.53. The van der Waals surface area contributed by atoms with Crippen molar-refractivity contribution in [2.24, 2.45) is 0 Å². The Bertz CT molecular complexity index is 1660. The number of fused-ring (bicyclic) bond motifs is 2. The number of halogens is 1. The molecule has 0 aliphatic carbocycles. The van der Waals surface area contributed by atoms with Gasteiger partial charge < -0.3 is 30.9 Å². The number of nitrogens with one attached hydrogen (secondary N) is 2. The second-order valence-electron chi connectivity index (χ2n) is 10.1. The van der Waals surface area contributed by atoms with E-state index in [0.29, 0.717) is 33.4 Å². The first kappa shape index (κ1) is 28.9. The van der Waals surface area contributed by atoms with Gasteiger partial charge in [0.15, 0.2) is 0 Å². The average Bonchev–Trinajstić information content (AvgIpc) is 3.11. The van der Waals surface area contributed by atoms with Gasteiger partial charge in [0.25, 0.3) is 11.8 Å². The van der Waals surface area contributed by atoms with Crippen molar-refractivity contribution < 1.29 is 19.1 Å². The summed E-state index contributed by atoms with van der Waals surface area (Å²) in [7, 11) is 3.24. The van der Waals surface area contributed by atoms with Crippen LogP contribution in [0.3, 0.4) is 0 Å². The second-order valence-corrected chi connectivity index (χ2v) is 10.6. The first-order valence-electron chi connectivity index (χ1n) is 13.5. The molecule has 0 fully saturated rings. The highest BCUT2D eigenvalue weighted by Gasteiger charge is 2.38. The third kappa shape index (κ3) is 5.61. The summed E-state index contributed by atoms with van der Waals surface area (Å²) < 4.78 is 5.72. The Balaban J connectivity index is 1.67. The third-order valence-corrected chi connectivity index (χ3v) is 7.76. The summed E-state index contributed by atoms with van der Waals surface area (Å²) in [5.41, 5.74) is 8.45. The van der Waals surface area contributed by atoms with Crippen molar-refractivity contribution in [1.29, 1.82) is 0 Å². The molecule has 3 amide bonds. The van der Waals surface area contributed by atoms with Gasteiger partial charge >= 0.3 is 0 Å². The molecule has 2 unspecified atom stereocenters. The number of carbonyl (C=O) groups excluding carboxylic acids is 3. The molecule has 42 heavy (non-hydrogen) atoms. The van der Waals surface area contributed by atoms with Crippen LogP contribution in [0, 0.1) is 0 Å². The Kier molecular flexibility index (Phi) is 8.33. The number of anilines is 3. The molecule has 2 atom stereocenters. The van der Waals surface area contributed by atoms with Crippen LogP contribution in [0.25, 0.3) is 10.8 Å². The summed E-state index contributed by atoms with van der Waals surface area (Å²) in [4.78, 5) is 44.5. The van der Waals surface area contributed by atoms with Crippen molar-refractivity contribution in [1.82, 2.24) is 10.6 Å². The van der Waals surface area contributed by atoms with Crippen molar-refractivity contribution in [2.75, 3.05) is 36.2 Å². The lowest BCUT2D eigenvalue weighted by atomic mass is 10.0. The van der Waals surface area contributed by atoms with Gasteiger partial charge in [0.2, 0.25) is 5.91 Å². The van der Waals surface area contributed by atoms with Gasteiger partial charge in [0.05, 0.1) is 37.6 Å². The number of methoxy groups -OCH3 is 1. The van der Waals surface area contributed by atoms with Crippen molar-refractivity contribution in [3.8, 4) is 5.75 Å². The van der Waals surface area contributed by atoms with E-state index >= 15 is 0 Å². The summed E-state index contributed by atoms with van der Waals surface area (Å²) in [5, 5.41) is 8.06. The lowest BCUT2D eigenvalue weighted by molar-refractivity contribution is -0.128. The maximum atomic E-state index is 14.4. The molecule has 0 spiro atoms. The van der Waals surface area contributed by atoms with Gasteiger partial charge in [-0.2, -0.15) is 0 Å². The molecular weight excluding hydrogens is 554 g/mol. The summed E-state index contributed by atoms with van der Waals surface area (Å²) in [6.45, 7) is 1.71. The second kappa shape index (κ2) is 12.1. The smallest absolute Gasteiger partial charge is 0.258 e. The number of hydrogen-bond acceptors (Lipinski definition) is 6. The number of amides is 3. The monoisotopic (exact) mass is 585 g/mol. The molecule has 1 aliphatic rings. The van der Waals surface area contributed by atoms with Crippen molar-refractivity contribution in [3.63, 3.8) is 0 Å². The zero-order chi connectivity index (χ0) is 30.0. The van der Waals surface area contributed by atoms with Gasteiger partial charge in [-0.15, -0.1) is 0 Å². The zero-order valence-corrected chi connectivity index (χ0v) is 24.3. The van der Waals surface area contributed by atoms with Gasteiger partial charge in [-0.3, -0.25) is 14.4 Å². The Morgan fingerprint density at radius 1 is 1.05 bits per heavy atom. The van der Waals surface area contributed by atoms with E-state index in [2.05, 4.69) is 10.6 Å². The first-order chi connectivity index (χ1) is 20.2. The topological polar surface area (TPSA) is 117 Å². The fourth-order valence-electron chi connectivity index (χ4n) is 5.11. The summed E-state index contributed by atoms with van der Waals surface area (Å²) in [6.07, 6.45) is 0. The molecule has 1 heterocycles. The molecule has 4 aromatic rings. The largest absolute Gasteiger partial charge is 0.496 e. The zero-order valence-electron chi connectivity index (χ0n) is 23.6. The van der Waals surface area contributed by atoms with Crippen molar-refractivity contribution >= 4 is 57.2 Å².